The lowest BCUT2D eigenvalue weighted by Crippen LogP contribution is -2.27. The number of rotatable bonds is 5. The van der Waals surface area contributed by atoms with Crippen molar-refractivity contribution in [2.45, 2.75) is 6.92 Å². The Hall–Kier alpha value is -3.39. The molecule has 1 aromatic heterocycles. The van der Waals surface area contributed by atoms with Gasteiger partial charge in [-0.3, -0.25) is 9.59 Å². The number of fused-ring (bicyclic) bond motifs is 1. The zero-order chi connectivity index (χ0) is 24.6. The van der Waals surface area contributed by atoms with E-state index in [0.717, 1.165) is 10.1 Å². The van der Waals surface area contributed by atoms with Crippen LogP contribution in [0.5, 0.6) is 0 Å². The van der Waals surface area contributed by atoms with Gasteiger partial charge in [0.15, 0.2) is 0 Å². The summed E-state index contributed by atoms with van der Waals surface area (Å²) >= 11 is 13.6. The van der Waals surface area contributed by atoms with E-state index in [4.69, 9.17) is 23.2 Å². The van der Waals surface area contributed by atoms with Gasteiger partial charge in [0.05, 0.1) is 16.3 Å². The Balaban J connectivity index is 1.72. The van der Waals surface area contributed by atoms with E-state index in [2.05, 4.69) is 5.32 Å². The molecule has 2 N–H and O–H groups in total. The van der Waals surface area contributed by atoms with Gasteiger partial charge in [-0.05, 0) is 55.0 Å². The number of benzene rings is 3. The number of thiophene rings is 1. The second-order valence-electron chi connectivity index (χ2n) is 7.50. The fourth-order valence-corrected chi connectivity index (χ4v) is 5.11. The summed E-state index contributed by atoms with van der Waals surface area (Å²) < 4.78 is 0.835. The monoisotopic (exact) mass is 512 g/mol. The van der Waals surface area contributed by atoms with Crippen molar-refractivity contribution >= 4 is 73.8 Å². The van der Waals surface area contributed by atoms with Gasteiger partial charge in [0, 0.05) is 33.4 Å². The summed E-state index contributed by atoms with van der Waals surface area (Å²) in [7, 11) is 1.60. The topological polar surface area (TPSA) is 86.7 Å². The van der Waals surface area contributed by atoms with Gasteiger partial charge < -0.3 is 15.3 Å². The molecule has 0 fully saturated rings. The molecule has 0 aliphatic heterocycles. The molecular formula is C25H18Cl2N2O4S. The third-order valence-corrected chi connectivity index (χ3v) is 7.35. The molecule has 1 heterocycles. The number of nitrogens with zero attached hydrogens (tertiary/aromatic N) is 1. The van der Waals surface area contributed by atoms with Crippen molar-refractivity contribution in [1.82, 2.24) is 0 Å². The molecule has 2 amide bonds. The molecule has 9 heteroatoms. The molecular weight excluding hydrogens is 495 g/mol. The minimum Gasteiger partial charge on any atom is -0.478 e. The van der Waals surface area contributed by atoms with E-state index in [1.165, 1.54) is 28.4 Å². The summed E-state index contributed by atoms with van der Waals surface area (Å²) in [6.45, 7) is 1.59. The highest BCUT2D eigenvalue weighted by Gasteiger charge is 2.25. The molecule has 0 spiro atoms. The first-order chi connectivity index (χ1) is 16.2. The van der Waals surface area contributed by atoms with Crippen molar-refractivity contribution < 1.29 is 19.5 Å². The summed E-state index contributed by atoms with van der Waals surface area (Å²) in [5.74, 6) is -2.15. The van der Waals surface area contributed by atoms with Crippen molar-refractivity contribution in [3.8, 4) is 0 Å². The van der Waals surface area contributed by atoms with Gasteiger partial charge in [-0.25, -0.2) is 4.79 Å². The number of carboxylic acid groups (broad SMARTS) is 1. The quantitative estimate of drug-likeness (QED) is 0.309. The van der Waals surface area contributed by atoms with Gasteiger partial charge in [0.2, 0.25) is 0 Å². The fourth-order valence-electron chi connectivity index (χ4n) is 3.58. The highest BCUT2D eigenvalue weighted by molar-refractivity contribution is 7.21. The van der Waals surface area contributed by atoms with Crippen molar-refractivity contribution in [1.29, 1.82) is 0 Å². The lowest BCUT2D eigenvalue weighted by atomic mass is 10.00. The van der Waals surface area contributed by atoms with Crippen LogP contribution < -0.4 is 10.2 Å². The van der Waals surface area contributed by atoms with Crippen LogP contribution in [0.2, 0.25) is 10.0 Å². The molecule has 34 heavy (non-hydrogen) atoms. The number of hydrogen-bond donors (Lipinski definition) is 2. The predicted octanol–water partition coefficient (Wildman–Crippen LogP) is 6.74. The number of nitrogens with one attached hydrogen (secondary N) is 1. The molecule has 0 aliphatic carbocycles. The standard InChI is InChI=1S/C25H18Cl2N2O4S/c1-13-16(24(31)29(2)15-9-7-14(26)8-10-15)11-12-18(25(32)33)21(13)28-23(30)22-20(27)17-5-3-4-6-19(17)34-22/h3-12H,1-2H3,(H,28,30)(H,32,33). The number of amides is 2. The van der Waals surface area contributed by atoms with Crippen molar-refractivity contribution in [3.63, 3.8) is 0 Å². The van der Waals surface area contributed by atoms with Crippen LogP contribution >= 0.6 is 34.5 Å². The first-order valence-corrected chi connectivity index (χ1v) is 11.6. The maximum Gasteiger partial charge on any atom is 0.337 e. The molecule has 0 atom stereocenters. The normalized spacial score (nSPS) is 10.8. The number of halogens is 2. The average molecular weight is 513 g/mol. The largest absolute Gasteiger partial charge is 0.478 e. The summed E-state index contributed by atoms with van der Waals surface area (Å²) in [6.07, 6.45) is 0. The Morgan fingerprint density at radius 3 is 2.24 bits per heavy atom. The molecule has 3 aromatic carbocycles. The van der Waals surface area contributed by atoms with E-state index in [1.807, 2.05) is 24.3 Å². The van der Waals surface area contributed by atoms with Gasteiger partial charge in [0.25, 0.3) is 11.8 Å². The summed E-state index contributed by atoms with van der Waals surface area (Å²) in [4.78, 5) is 39.9. The van der Waals surface area contributed by atoms with E-state index in [9.17, 15) is 19.5 Å². The second-order valence-corrected chi connectivity index (χ2v) is 9.37. The molecule has 0 unspecified atom stereocenters. The first-order valence-electron chi connectivity index (χ1n) is 10.1. The summed E-state index contributed by atoms with van der Waals surface area (Å²) in [5, 5.41) is 14.0. The number of carboxylic acids is 1. The number of carbonyl (C=O) groups is 3. The number of carbonyl (C=O) groups excluding carboxylic acids is 2. The van der Waals surface area contributed by atoms with Gasteiger partial charge in [-0.15, -0.1) is 11.3 Å². The van der Waals surface area contributed by atoms with E-state index >= 15 is 0 Å². The van der Waals surface area contributed by atoms with Crippen LogP contribution in [-0.2, 0) is 0 Å². The van der Waals surface area contributed by atoms with Crippen LogP contribution in [-0.4, -0.2) is 29.9 Å². The summed E-state index contributed by atoms with van der Waals surface area (Å²) in [6, 6.07) is 16.8. The minimum atomic E-state index is -1.23. The van der Waals surface area contributed by atoms with Crippen molar-refractivity contribution in [2.75, 3.05) is 17.3 Å². The lowest BCUT2D eigenvalue weighted by Gasteiger charge is -2.21. The van der Waals surface area contributed by atoms with E-state index < -0.39 is 11.9 Å². The van der Waals surface area contributed by atoms with E-state index in [0.29, 0.717) is 21.3 Å². The molecule has 0 saturated carbocycles. The third-order valence-electron chi connectivity index (χ3n) is 5.42. The molecule has 0 radical (unpaired) electrons. The minimum absolute atomic E-state index is 0.0429. The van der Waals surface area contributed by atoms with Crippen LogP contribution in [0.3, 0.4) is 0 Å². The Bertz CT molecular complexity index is 1450. The average Bonchev–Trinajstić information content (AvgIpc) is 3.16. The maximum absolute atomic E-state index is 13.2. The van der Waals surface area contributed by atoms with E-state index in [1.54, 1.807) is 38.2 Å². The molecule has 6 nitrogen and oxygen atoms in total. The zero-order valence-corrected chi connectivity index (χ0v) is 20.4. The van der Waals surface area contributed by atoms with Crippen LogP contribution in [0.25, 0.3) is 10.1 Å². The number of anilines is 2. The molecule has 0 aliphatic rings. The molecule has 172 valence electrons. The van der Waals surface area contributed by atoms with Crippen LogP contribution in [0.15, 0.2) is 60.7 Å². The number of hydrogen-bond acceptors (Lipinski definition) is 4. The lowest BCUT2D eigenvalue weighted by molar-refractivity contribution is 0.0697. The Morgan fingerprint density at radius 1 is 0.941 bits per heavy atom. The highest BCUT2D eigenvalue weighted by atomic mass is 35.5. The smallest absolute Gasteiger partial charge is 0.337 e. The third kappa shape index (κ3) is 4.37. The molecule has 4 rings (SSSR count). The van der Waals surface area contributed by atoms with Crippen LogP contribution in [0.1, 0.15) is 36.0 Å². The Labute approximate surface area is 209 Å². The highest BCUT2D eigenvalue weighted by Crippen LogP contribution is 2.36. The Morgan fingerprint density at radius 2 is 1.59 bits per heavy atom. The first kappa shape index (κ1) is 23.8. The van der Waals surface area contributed by atoms with Crippen LogP contribution in [0.4, 0.5) is 11.4 Å². The zero-order valence-electron chi connectivity index (χ0n) is 18.1. The van der Waals surface area contributed by atoms with Crippen molar-refractivity contribution in [3.05, 3.63) is 92.3 Å². The maximum atomic E-state index is 13.2. The Kier molecular flexibility index (Phi) is 6.61. The van der Waals surface area contributed by atoms with Gasteiger partial charge in [-0.2, -0.15) is 0 Å². The molecule has 4 aromatic rings. The van der Waals surface area contributed by atoms with Crippen molar-refractivity contribution in [2.24, 2.45) is 0 Å². The van der Waals surface area contributed by atoms with Gasteiger partial charge in [-0.1, -0.05) is 41.4 Å². The molecule has 0 bridgehead atoms. The SMILES string of the molecule is Cc1c(C(=O)N(C)c2ccc(Cl)cc2)ccc(C(=O)O)c1NC(=O)c1sc2ccccc2c1Cl. The predicted molar refractivity (Wildman–Crippen MR) is 137 cm³/mol. The molecule has 0 saturated heterocycles. The second kappa shape index (κ2) is 9.46. The van der Waals surface area contributed by atoms with E-state index in [-0.39, 0.29) is 27.6 Å². The van der Waals surface area contributed by atoms with Crippen LogP contribution in [0, 0.1) is 6.92 Å². The number of aromatic carboxylic acids is 1. The van der Waals surface area contributed by atoms with Gasteiger partial charge >= 0.3 is 5.97 Å². The summed E-state index contributed by atoms with van der Waals surface area (Å²) in [5.41, 5.74) is 1.10. The fraction of sp³-hybridized carbons (Fsp3) is 0.0800. The van der Waals surface area contributed by atoms with Gasteiger partial charge in [0.1, 0.15) is 4.88 Å².